The highest BCUT2D eigenvalue weighted by Gasteiger charge is 2.28. The fourth-order valence-electron chi connectivity index (χ4n) is 13.2. The first-order valence-corrected chi connectivity index (χ1v) is 61.6. The molecule has 0 aliphatic heterocycles. The summed E-state index contributed by atoms with van der Waals surface area (Å²) in [4.78, 5) is 59.5. The van der Waals surface area contributed by atoms with Crippen molar-refractivity contribution in [3.63, 3.8) is 0 Å². The van der Waals surface area contributed by atoms with Crippen molar-refractivity contribution in [2.45, 2.75) is 161 Å². The van der Waals surface area contributed by atoms with Crippen LogP contribution in [0.3, 0.4) is 0 Å². The molecule has 846 valence electrons. The summed E-state index contributed by atoms with van der Waals surface area (Å²) in [6, 6.07) is 10.4. The van der Waals surface area contributed by atoms with E-state index in [0.29, 0.717) is 101 Å². The van der Waals surface area contributed by atoms with Crippen LogP contribution < -0.4 is 84.0 Å². The molecule has 0 bridgehead atoms. The minimum Gasteiger partial charge on any atom is -0.490 e. The third-order valence-electron chi connectivity index (χ3n) is 20.1. The molecule has 0 unspecified atom stereocenters. The maximum atomic E-state index is 13.9. The number of hydrogen-bond donors (Lipinski definition) is 14. The number of aryl methyl sites for hydroxylation is 4. The number of hydrogen-bond acceptors (Lipinski definition) is 41. The van der Waals surface area contributed by atoms with Crippen molar-refractivity contribution < 1.29 is 193 Å². The molecule has 150 heavy (non-hydrogen) atoms. The van der Waals surface area contributed by atoms with Crippen LogP contribution in [0.1, 0.15) is 188 Å². The number of carbonyl (C=O) groups excluding carboxylic acids is 4. The Labute approximate surface area is 869 Å². The standard InChI is InChI=1S/C85H129N13O43S9/c1-2-24-88-82(99)63-52-70(130-31-6-4-22-68-61-97(95-93-68)29-10-27-90-84(101)65-56-74(134-36-14-45-144(109,110)111)80(140-41-19-50-149(124,125)126)75(57-65)135-37-15-46-145(112,113)114)78(138-33-8-3-21-67(92-86)60-87-25-9-26-89-83(100)64-54-72(132-34-12-43-142(103,104)105)79(139-40-18-49-148(121,122)123)73(55-64)133-35-13-44-143(106,107)108)71(53-63)131-32-7-5-23-69-62-98(96-94-69)30-11-28-91-85(102)66-58-76(136-38-16-47-146(115,116)117)81(141-42-20-51-150(127,128)129)77(59-66)137-39-17-48-147(118,119)120/h52-62H,2-51,86H2,1H3,(H,88,99)(H,89,100)(H,90,101)(H,91,102)(H,103,104,105)(H,106,107,108)(H,109,110,111)(H,112,113,114)(H,115,116,117)(H,118,119,120)(H,121,122,123)(H,124,125,126)(H,127,128,129). The fraction of sp³-hybridized carbons (Fsp3) is 0.600. The summed E-state index contributed by atoms with van der Waals surface area (Å²) in [6.45, 7) is 0.0115. The smallest absolute Gasteiger partial charge is 0.264 e. The molecule has 2 heterocycles. The minimum absolute atomic E-state index is 0.0326. The van der Waals surface area contributed by atoms with Crippen molar-refractivity contribution in [2.24, 2.45) is 15.9 Å². The lowest BCUT2D eigenvalue weighted by atomic mass is 10.1. The molecule has 6 aromatic rings. The topological polar surface area (TPSA) is 829 Å². The third kappa shape index (κ3) is 56.4. The number of aliphatic imine (C=N–C) groups is 1. The first-order valence-electron chi connectivity index (χ1n) is 47.1. The van der Waals surface area contributed by atoms with Gasteiger partial charge in [0.15, 0.2) is 46.0 Å². The second-order valence-electron chi connectivity index (χ2n) is 33.2. The molecule has 56 nitrogen and oxygen atoms in total. The number of rotatable bonds is 82. The van der Waals surface area contributed by atoms with Crippen LogP contribution in [0.25, 0.3) is 0 Å². The molecule has 65 heteroatoms. The van der Waals surface area contributed by atoms with Gasteiger partial charge in [0.2, 0.25) is 23.0 Å². The zero-order valence-electron chi connectivity index (χ0n) is 81.9. The van der Waals surface area contributed by atoms with Gasteiger partial charge in [-0.1, -0.05) is 17.4 Å². The quantitative estimate of drug-likeness (QED) is 0.00839. The van der Waals surface area contributed by atoms with E-state index in [1.807, 2.05) is 6.92 Å². The zero-order chi connectivity index (χ0) is 111. The molecule has 6 rings (SSSR count). The van der Waals surface area contributed by atoms with Gasteiger partial charge in [0.1, 0.15) is 0 Å². The molecule has 0 spiro atoms. The number of benzene rings is 4. The third-order valence-corrected chi connectivity index (χ3v) is 27.4. The first kappa shape index (κ1) is 128. The molecular formula is C85H129N13O43S9. The predicted octanol–water partition coefficient (Wildman–Crippen LogP) is 4.12. The average molecular weight is 2310 g/mol. The molecule has 0 saturated carbocycles. The summed E-state index contributed by atoms with van der Waals surface area (Å²) in [6.07, 6.45) is 8.02. The lowest BCUT2D eigenvalue weighted by Crippen LogP contribution is -2.25. The van der Waals surface area contributed by atoms with E-state index in [4.69, 9.17) is 62.7 Å². The SMILES string of the molecule is CCCNC(=O)c1cc(OCCCCc2cn(CCCNC(=O)c3cc(OCCCS(=O)(=O)O)c(OCCCS(=O)(=O)O)c(OCCCS(=O)(=O)O)c3)nn2)c(OCCCCC(C=NCCCNC(=O)c2cc(OCCCS(=O)(=O)O)c(OCCCS(=O)(=O)O)c(OCCCS(=O)(=O)O)c2)=NN)c(OCCCCc2cn(CCCNC(=O)c3cc(OCCCS(=O)(=O)O)c(OCCCS(=O)(=O)O)c(OCCCS(=O)(=O)O)c3)nn2)c1. The number of ether oxygens (including phenoxy) is 12. The maximum absolute atomic E-state index is 13.9. The molecule has 0 aliphatic carbocycles. The highest BCUT2D eigenvalue weighted by atomic mass is 32.3. The number of nitrogens with one attached hydrogen (secondary N) is 4. The average Bonchev–Trinajstić information content (AvgIpc) is 0.855. The van der Waals surface area contributed by atoms with E-state index in [1.54, 1.807) is 21.8 Å². The van der Waals surface area contributed by atoms with Crippen molar-refractivity contribution in [1.29, 1.82) is 0 Å². The zero-order valence-corrected chi connectivity index (χ0v) is 89.3. The van der Waals surface area contributed by atoms with E-state index in [9.17, 15) is 136 Å². The van der Waals surface area contributed by atoms with Crippen LogP contribution in [0, 0.1) is 0 Å². The van der Waals surface area contributed by atoms with E-state index in [2.05, 4.69) is 52.0 Å². The summed E-state index contributed by atoms with van der Waals surface area (Å²) in [5.74, 6) is -4.40. The minimum atomic E-state index is -4.43. The molecule has 0 atom stereocenters. The monoisotopic (exact) mass is 2310 g/mol. The number of unbranched alkanes of at least 4 members (excludes halogenated alkanes) is 3. The van der Waals surface area contributed by atoms with Gasteiger partial charge < -0.3 is 84.0 Å². The number of hydrazone groups is 1. The van der Waals surface area contributed by atoms with Gasteiger partial charge in [-0.05, 0) is 190 Å². The van der Waals surface area contributed by atoms with E-state index in [-0.39, 0.29) is 274 Å². The highest BCUT2D eigenvalue weighted by molar-refractivity contribution is 7.87. The largest absolute Gasteiger partial charge is 0.490 e. The van der Waals surface area contributed by atoms with Gasteiger partial charge in [0.25, 0.3) is 115 Å². The van der Waals surface area contributed by atoms with Crippen molar-refractivity contribution in [2.75, 3.05) is 164 Å². The van der Waals surface area contributed by atoms with Crippen LogP contribution in [0.5, 0.6) is 69.0 Å². The van der Waals surface area contributed by atoms with Crippen molar-refractivity contribution >= 4 is 127 Å². The molecule has 4 amide bonds. The van der Waals surface area contributed by atoms with E-state index < -0.39 is 166 Å². The van der Waals surface area contributed by atoms with Crippen molar-refractivity contribution in [1.82, 2.24) is 51.3 Å². The van der Waals surface area contributed by atoms with Crippen LogP contribution in [0.2, 0.25) is 0 Å². The molecule has 0 fully saturated rings. The lowest BCUT2D eigenvalue weighted by Gasteiger charge is -2.19. The van der Waals surface area contributed by atoms with Crippen LogP contribution >= 0.6 is 0 Å². The van der Waals surface area contributed by atoms with Crippen LogP contribution in [0.4, 0.5) is 0 Å². The molecule has 15 N–H and O–H groups in total. The Bertz CT molecular complexity index is 6080. The van der Waals surface area contributed by atoms with Gasteiger partial charge >= 0.3 is 0 Å². The van der Waals surface area contributed by atoms with E-state index in [1.165, 1.54) is 54.7 Å². The molecule has 0 aliphatic rings. The summed E-state index contributed by atoms with van der Waals surface area (Å²) in [7, 11) is -39.8. The number of nitrogens with zero attached hydrogens (tertiary/aromatic N) is 8. The van der Waals surface area contributed by atoms with E-state index in [0.717, 1.165) is 0 Å². The van der Waals surface area contributed by atoms with Gasteiger partial charge in [-0.25, -0.2) is 0 Å². The van der Waals surface area contributed by atoms with Crippen molar-refractivity contribution in [3.05, 3.63) is 94.6 Å². The number of amides is 4. The van der Waals surface area contributed by atoms with Crippen LogP contribution in [-0.4, -0.2) is 346 Å². The Balaban J connectivity index is 1.14. The first-order chi connectivity index (χ1) is 70.6. The summed E-state index contributed by atoms with van der Waals surface area (Å²) >= 11 is 0. The van der Waals surface area contributed by atoms with Crippen LogP contribution in [0.15, 0.2) is 71.0 Å². The Morgan fingerprint density at radius 2 is 0.527 bits per heavy atom. The number of carbonyl (C=O) groups is 4. The molecular weight excluding hydrogens is 2180 g/mol. The fourth-order valence-corrected chi connectivity index (χ4v) is 17.5. The van der Waals surface area contributed by atoms with Gasteiger partial charge in [-0.2, -0.15) is 80.9 Å². The Hall–Kier alpha value is -11.0. The van der Waals surface area contributed by atoms with Gasteiger partial charge in [0, 0.05) is 86.7 Å². The lowest BCUT2D eigenvalue weighted by molar-refractivity contribution is 0.0943. The Morgan fingerprint density at radius 3 is 0.767 bits per heavy atom. The normalized spacial score (nSPS) is 12.4. The van der Waals surface area contributed by atoms with Gasteiger partial charge in [0.05, 0.1) is 148 Å². The summed E-state index contributed by atoms with van der Waals surface area (Å²) < 4.78 is 364. The predicted molar refractivity (Wildman–Crippen MR) is 539 cm³/mol. The maximum Gasteiger partial charge on any atom is 0.264 e. The van der Waals surface area contributed by atoms with Gasteiger partial charge in [-0.15, -0.1) is 10.2 Å². The number of aromatic nitrogens is 6. The van der Waals surface area contributed by atoms with Crippen molar-refractivity contribution in [3.8, 4) is 69.0 Å². The van der Waals surface area contributed by atoms with Crippen LogP contribution in [-0.2, 0) is 117 Å². The van der Waals surface area contributed by atoms with Gasteiger partial charge in [-0.3, -0.25) is 74.5 Å². The summed E-state index contributed by atoms with van der Waals surface area (Å²) in [5.41, 5.74) is 1.49. The molecule has 2 aromatic heterocycles. The molecule has 4 aromatic carbocycles. The molecule has 0 saturated heterocycles. The second-order valence-corrected chi connectivity index (χ2v) is 47.4. The molecule has 0 radical (unpaired) electrons. The second kappa shape index (κ2) is 64.1. The highest BCUT2D eigenvalue weighted by Crippen LogP contribution is 2.44. The van der Waals surface area contributed by atoms with E-state index >= 15 is 0 Å². The number of nitrogens with two attached hydrogens (primary N) is 1. The Morgan fingerprint density at radius 1 is 0.307 bits per heavy atom. The Kier molecular flexibility index (Phi) is 54.5. The summed E-state index contributed by atoms with van der Waals surface area (Å²) in [5, 5.41) is 32.1.